The van der Waals surface area contributed by atoms with Crippen LogP contribution in [0, 0.1) is 12.8 Å². The van der Waals surface area contributed by atoms with Gasteiger partial charge >= 0.3 is 0 Å². The SMILES string of the molecule is Cc1nc(C(C)(C)C)oc1CCCNC(=O)CC1CCCCC1. The van der Waals surface area contributed by atoms with Crippen molar-refractivity contribution < 1.29 is 9.21 Å². The second-order valence-corrected chi connectivity index (χ2v) is 7.94. The molecule has 1 aliphatic rings. The number of nitrogens with one attached hydrogen (secondary N) is 1. The lowest BCUT2D eigenvalue weighted by Crippen LogP contribution is -2.27. The molecule has 1 aromatic rings. The summed E-state index contributed by atoms with van der Waals surface area (Å²) >= 11 is 0. The van der Waals surface area contributed by atoms with Gasteiger partial charge in [-0.25, -0.2) is 4.98 Å². The van der Waals surface area contributed by atoms with Crippen molar-refractivity contribution in [3.8, 4) is 0 Å². The first kappa shape index (κ1) is 18.0. The zero-order valence-corrected chi connectivity index (χ0v) is 15.2. The highest BCUT2D eigenvalue weighted by atomic mass is 16.4. The van der Waals surface area contributed by atoms with Gasteiger partial charge in [0.25, 0.3) is 0 Å². The Balaban J connectivity index is 1.69. The number of hydrogen-bond acceptors (Lipinski definition) is 3. The van der Waals surface area contributed by atoms with Crippen molar-refractivity contribution in [2.75, 3.05) is 6.54 Å². The second kappa shape index (κ2) is 7.98. The minimum absolute atomic E-state index is 0.0583. The number of rotatable bonds is 6. The number of aryl methyl sites for hydroxylation is 2. The predicted octanol–water partition coefficient (Wildman–Crippen LogP) is 4.30. The average molecular weight is 320 g/mol. The zero-order chi connectivity index (χ0) is 16.9. The van der Waals surface area contributed by atoms with E-state index in [0.29, 0.717) is 12.3 Å². The Kier molecular flexibility index (Phi) is 6.25. The van der Waals surface area contributed by atoms with Crippen LogP contribution in [0.25, 0.3) is 0 Å². The molecular formula is C19H32N2O2. The lowest BCUT2D eigenvalue weighted by molar-refractivity contribution is -0.122. The summed E-state index contributed by atoms with van der Waals surface area (Å²) in [5.41, 5.74) is 0.917. The summed E-state index contributed by atoms with van der Waals surface area (Å²) in [5.74, 6) is 2.57. The molecule has 0 aliphatic heterocycles. The van der Waals surface area contributed by atoms with Crippen molar-refractivity contribution >= 4 is 5.91 Å². The van der Waals surface area contributed by atoms with E-state index in [1.165, 1.54) is 32.1 Å². The van der Waals surface area contributed by atoms with Crippen LogP contribution in [-0.4, -0.2) is 17.4 Å². The number of hydrogen-bond donors (Lipinski definition) is 1. The van der Waals surface area contributed by atoms with Gasteiger partial charge in [-0.3, -0.25) is 4.79 Å². The largest absolute Gasteiger partial charge is 0.445 e. The highest BCUT2D eigenvalue weighted by Crippen LogP contribution is 2.26. The van der Waals surface area contributed by atoms with Crippen molar-refractivity contribution in [3.05, 3.63) is 17.3 Å². The van der Waals surface area contributed by atoms with E-state index < -0.39 is 0 Å². The maximum absolute atomic E-state index is 12.0. The molecule has 1 aromatic heterocycles. The molecule has 0 aromatic carbocycles. The molecule has 0 bridgehead atoms. The molecule has 23 heavy (non-hydrogen) atoms. The Morgan fingerprint density at radius 1 is 1.26 bits per heavy atom. The molecule has 2 rings (SSSR count). The van der Waals surface area contributed by atoms with Crippen molar-refractivity contribution in [3.63, 3.8) is 0 Å². The quantitative estimate of drug-likeness (QED) is 0.795. The molecule has 0 atom stereocenters. The highest BCUT2D eigenvalue weighted by Gasteiger charge is 2.22. The van der Waals surface area contributed by atoms with Gasteiger partial charge in [0.05, 0.1) is 5.69 Å². The first-order valence-electron chi connectivity index (χ1n) is 9.09. The molecule has 4 heteroatoms. The third-order valence-electron chi connectivity index (χ3n) is 4.64. The van der Waals surface area contributed by atoms with Crippen LogP contribution in [-0.2, 0) is 16.6 Å². The van der Waals surface area contributed by atoms with Gasteiger partial charge in [-0.2, -0.15) is 0 Å². The number of carbonyl (C=O) groups excluding carboxylic acids is 1. The zero-order valence-electron chi connectivity index (χ0n) is 15.2. The van der Waals surface area contributed by atoms with Gasteiger partial charge in [-0.15, -0.1) is 0 Å². The van der Waals surface area contributed by atoms with Gasteiger partial charge in [0.1, 0.15) is 5.76 Å². The molecule has 1 fully saturated rings. The van der Waals surface area contributed by atoms with Gasteiger partial charge in [0, 0.05) is 24.8 Å². The number of nitrogens with zero attached hydrogens (tertiary/aromatic N) is 1. The van der Waals surface area contributed by atoms with Crippen LogP contribution in [0.5, 0.6) is 0 Å². The van der Waals surface area contributed by atoms with E-state index in [1.54, 1.807) is 0 Å². The van der Waals surface area contributed by atoms with Crippen molar-refractivity contribution in [2.24, 2.45) is 5.92 Å². The van der Waals surface area contributed by atoms with E-state index in [9.17, 15) is 4.79 Å². The summed E-state index contributed by atoms with van der Waals surface area (Å²) < 4.78 is 5.88. The van der Waals surface area contributed by atoms with E-state index in [2.05, 4.69) is 31.1 Å². The van der Waals surface area contributed by atoms with E-state index >= 15 is 0 Å². The summed E-state index contributed by atoms with van der Waals surface area (Å²) in [5, 5.41) is 3.06. The van der Waals surface area contributed by atoms with Crippen LogP contribution >= 0.6 is 0 Å². The van der Waals surface area contributed by atoms with Crippen LogP contribution in [0.1, 0.15) is 83.1 Å². The highest BCUT2D eigenvalue weighted by molar-refractivity contribution is 5.76. The molecule has 1 heterocycles. The monoisotopic (exact) mass is 320 g/mol. The Morgan fingerprint density at radius 3 is 2.57 bits per heavy atom. The van der Waals surface area contributed by atoms with Gasteiger partial charge in [-0.05, 0) is 32.1 Å². The van der Waals surface area contributed by atoms with Gasteiger partial charge in [0.2, 0.25) is 5.91 Å². The van der Waals surface area contributed by atoms with Gasteiger partial charge in [-0.1, -0.05) is 40.0 Å². The average Bonchev–Trinajstić information content (AvgIpc) is 2.86. The van der Waals surface area contributed by atoms with Crippen molar-refractivity contribution in [1.29, 1.82) is 0 Å². The number of aromatic nitrogens is 1. The van der Waals surface area contributed by atoms with Gasteiger partial charge < -0.3 is 9.73 Å². The first-order valence-corrected chi connectivity index (χ1v) is 9.09. The number of carbonyl (C=O) groups is 1. The summed E-state index contributed by atoms with van der Waals surface area (Å²) in [7, 11) is 0. The van der Waals surface area contributed by atoms with E-state index in [4.69, 9.17) is 4.42 Å². The molecule has 0 radical (unpaired) electrons. The molecule has 1 aliphatic carbocycles. The van der Waals surface area contributed by atoms with Crippen molar-refractivity contribution in [1.82, 2.24) is 10.3 Å². The minimum Gasteiger partial charge on any atom is -0.445 e. The maximum atomic E-state index is 12.0. The topological polar surface area (TPSA) is 55.1 Å². The lowest BCUT2D eigenvalue weighted by atomic mass is 9.87. The van der Waals surface area contributed by atoms with Crippen molar-refractivity contribution in [2.45, 2.75) is 84.5 Å². The van der Waals surface area contributed by atoms with Gasteiger partial charge in [0.15, 0.2) is 5.89 Å². The third kappa shape index (κ3) is 5.67. The predicted molar refractivity (Wildman–Crippen MR) is 92.5 cm³/mol. The summed E-state index contributed by atoms with van der Waals surface area (Å²) in [6, 6.07) is 0. The van der Waals surface area contributed by atoms with E-state index in [-0.39, 0.29) is 11.3 Å². The molecule has 0 unspecified atom stereocenters. The maximum Gasteiger partial charge on any atom is 0.220 e. The summed E-state index contributed by atoms with van der Waals surface area (Å²) in [6.07, 6.45) is 8.80. The third-order valence-corrected chi connectivity index (χ3v) is 4.64. The first-order chi connectivity index (χ1) is 10.9. The molecule has 1 amide bonds. The fraction of sp³-hybridized carbons (Fsp3) is 0.789. The number of oxazole rings is 1. The fourth-order valence-corrected chi connectivity index (χ4v) is 3.18. The lowest BCUT2D eigenvalue weighted by Gasteiger charge is -2.20. The molecule has 1 saturated carbocycles. The summed E-state index contributed by atoms with van der Waals surface area (Å²) in [6.45, 7) is 9.03. The minimum atomic E-state index is -0.0583. The second-order valence-electron chi connectivity index (χ2n) is 7.94. The molecule has 0 spiro atoms. The molecule has 1 N–H and O–H groups in total. The number of amides is 1. The van der Waals surface area contributed by atoms with Crippen LogP contribution in [0.4, 0.5) is 0 Å². The van der Waals surface area contributed by atoms with Crippen LogP contribution < -0.4 is 5.32 Å². The molecule has 0 saturated heterocycles. The van der Waals surface area contributed by atoms with E-state index in [0.717, 1.165) is 36.7 Å². The Labute approximate surface area is 140 Å². The molecule has 4 nitrogen and oxygen atoms in total. The molecular weight excluding hydrogens is 288 g/mol. The Morgan fingerprint density at radius 2 is 1.96 bits per heavy atom. The normalized spacial score (nSPS) is 16.5. The fourth-order valence-electron chi connectivity index (χ4n) is 3.18. The Hall–Kier alpha value is -1.32. The van der Waals surface area contributed by atoms with Crippen LogP contribution in [0.2, 0.25) is 0 Å². The van der Waals surface area contributed by atoms with Crippen LogP contribution in [0.3, 0.4) is 0 Å². The standard InChI is InChI=1S/C19H32N2O2/c1-14-16(23-18(21-14)19(2,3)4)11-8-12-20-17(22)13-15-9-6-5-7-10-15/h15H,5-13H2,1-4H3,(H,20,22). The summed E-state index contributed by atoms with van der Waals surface area (Å²) in [4.78, 5) is 16.5. The van der Waals surface area contributed by atoms with E-state index in [1.807, 2.05) is 6.92 Å². The van der Waals surface area contributed by atoms with Crippen LogP contribution in [0.15, 0.2) is 4.42 Å². The Bertz CT molecular complexity index is 508. The smallest absolute Gasteiger partial charge is 0.220 e. The molecule has 130 valence electrons.